The topological polar surface area (TPSA) is 58.6 Å². The van der Waals surface area contributed by atoms with E-state index >= 15 is 0 Å². The van der Waals surface area contributed by atoms with E-state index in [0.29, 0.717) is 11.1 Å². The Bertz CT molecular complexity index is 718. The van der Waals surface area contributed by atoms with E-state index in [1.165, 1.54) is 12.1 Å². The molecule has 1 unspecified atom stereocenters. The van der Waals surface area contributed by atoms with Gasteiger partial charge in [0.05, 0.1) is 6.10 Å². The smallest absolute Gasteiger partial charge is 0.406 e. The van der Waals surface area contributed by atoms with Gasteiger partial charge in [-0.1, -0.05) is 24.3 Å². The van der Waals surface area contributed by atoms with Gasteiger partial charge in [-0.15, -0.1) is 13.2 Å². The molecule has 140 valence electrons. The third-order valence-electron chi connectivity index (χ3n) is 3.48. The fourth-order valence-electron chi connectivity index (χ4n) is 2.22. The fraction of sp³-hybridized carbons (Fsp3) is 0.278. The molecule has 0 radical (unpaired) electrons. The SMILES string of the molecule is CSCc1ccc(C(=O)NCC(O)c2ccc(OC(F)(F)F)cc2)cc1. The van der Waals surface area contributed by atoms with E-state index in [1.54, 1.807) is 23.9 Å². The van der Waals surface area contributed by atoms with Gasteiger partial charge in [-0.05, 0) is 41.6 Å². The Morgan fingerprint density at radius 2 is 1.77 bits per heavy atom. The highest BCUT2D eigenvalue weighted by Crippen LogP contribution is 2.24. The molecule has 26 heavy (non-hydrogen) atoms. The number of benzene rings is 2. The van der Waals surface area contributed by atoms with Crippen molar-refractivity contribution in [2.24, 2.45) is 0 Å². The second-order valence-electron chi connectivity index (χ2n) is 5.47. The fourth-order valence-corrected chi connectivity index (χ4v) is 2.75. The monoisotopic (exact) mass is 385 g/mol. The summed E-state index contributed by atoms with van der Waals surface area (Å²) in [5, 5.41) is 12.7. The van der Waals surface area contributed by atoms with Crippen LogP contribution in [0.25, 0.3) is 0 Å². The van der Waals surface area contributed by atoms with Crippen LogP contribution in [0.2, 0.25) is 0 Å². The van der Waals surface area contributed by atoms with E-state index in [1.807, 2.05) is 18.4 Å². The van der Waals surface area contributed by atoms with E-state index in [2.05, 4.69) is 10.1 Å². The maximum atomic E-state index is 12.1. The summed E-state index contributed by atoms with van der Waals surface area (Å²) in [5.41, 5.74) is 1.95. The summed E-state index contributed by atoms with van der Waals surface area (Å²) < 4.78 is 40.1. The molecular weight excluding hydrogens is 367 g/mol. The van der Waals surface area contributed by atoms with Gasteiger partial charge in [-0.3, -0.25) is 4.79 Å². The Morgan fingerprint density at radius 3 is 2.31 bits per heavy atom. The lowest BCUT2D eigenvalue weighted by Gasteiger charge is -2.14. The zero-order valence-electron chi connectivity index (χ0n) is 13.9. The van der Waals surface area contributed by atoms with E-state index in [0.717, 1.165) is 23.4 Å². The lowest BCUT2D eigenvalue weighted by Crippen LogP contribution is -2.28. The highest BCUT2D eigenvalue weighted by Gasteiger charge is 2.31. The van der Waals surface area contributed by atoms with Crippen molar-refractivity contribution in [2.45, 2.75) is 18.2 Å². The van der Waals surface area contributed by atoms with Crippen molar-refractivity contribution in [1.29, 1.82) is 0 Å². The quantitative estimate of drug-likeness (QED) is 0.759. The van der Waals surface area contributed by atoms with Crippen molar-refractivity contribution in [3.8, 4) is 5.75 Å². The molecule has 8 heteroatoms. The van der Waals surface area contributed by atoms with Crippen molar-refractivity contribution in [2.75, 3.05) is 12.8 Å². The van der Waals surface area contributed by atoms with Crippen LogP contribution in [0.15, 0.2) is 48.5 Å². The summed E-state index contributed by atoms with van der Waals surface area (Å²) in [7, 11) is 0. The third-order valence-corrected chi connectivity index (χ3v) is 4.10. The van der Waals surface area contributed by atoms with Gasteiger partial charge in [-0.25, -0.2) is 0 Å². The number of aliphatic hydroxyl groups excluding tert-OH is 1. The molecule has 4 nitrogen and oxygen atoms in total. The molecule has 2 aromatic carbocycles. The highest BCUT2D eigenvalue weighted by atomic mass is 32.2. The number of hydrogen-bond donors (Lipinski definition) is 2. The number of thioether (sulfide) groups is 1. The third kappa shape index (κ3) is 6.27. The highest BCUT2D eigenvalue weighted by molar-refractivity contribution is 7.97. The van der Waals surface area contributed by atoms with E-state index in [9.17, 15) is 23.1 Å². The first-order chi connectivity index (χ1) is 12.3. The van der Waals surface area contributed by atoms with E-state index in [4.69, 9.17) is 0 Å². The number of ether oxygens (including phenoxy) is 1. The van der Waals surface area contributed by atoms with Crippen molar-refractivity contribution in [3.63, 3.8) is 0 Å². The predicted octanol–water partition coefficient (Wildman–Crippen LogP) is 3.91. The van der Waals surface area contributed by atoms with Crippen molar-refractivity contribution < 1.29 is 27.8 Å². The first-order valence-corrected chi connectivity index (χ1v) is 9.08. The average Bonchev–Trinajstić information content (AvgIpc) is 2.59. The summed E-state index contributed by atoms with van der Waals surface area (Å²) in [6.07, 6.45) is -3.82. The van der Waals surface area contributed by atoms with Crippen LogP contribution < -0.4 is 10.1 Å². The van der Waals surface area contributed by atoms with Crippen LogP contribution in [-0.2, 0) is 5.75 Å². The van der Waals surface area contributed by atoms with Crippen molar-refractivity contribution in [3.05, 3.63) is 65.2 Å². The molecule has 0 aliphatic carbocycles. The lowest BCUT2D eigenvalue weighted by atomic mass is 10.1. The summed E-state index contributed by atoms with van der Waals surface area (Å²) in [4.78, 5) is 12.1. The number of alkyl halides is 3. The number of rotatable bonds is 7. The molecule has 0 saturated carbocycles. The Morgan fingerprint density at radius 1 is 1.15 bits per heavy atom. The second-order valence-corrected chi connectivity index (χ2v) is 6.34. The van der Waals surface area contributed by atoms with Gasteiger partial charge in [0, 0.05) is 17.9 Å². The minimum Gasteiger partial charge on any atom is -0.406 e. The molecule has 2 rings (SSSR count). The molecule has 0 saturated heterocycles. The summed E-state index contributed by atoms with van der Waals surface area (Å²) in [5.74, 6) is 0.147. The number of hydrogen-bond acceptors (Lipinski definition) is 4. The van der Waals surface area contributed by atoms with E-state index in [-0.39, 0.29) is 18.2 Å². The first-order valence-electron chi connectivity index (χ1n) is 7.68. The van der Waals surface area contributed by atoms with Gasteiger partial charge in [0.2, 0.25) is 0 Å². The molecule has 0 bridgehead atoms. The number of carbonyl (C=O) groups is 1. The van der Waals surface area contributed by atoms with Crippen LogP contribution in [0.1, 0.15) is 27.6 Å². The van der Waals surface area contributed by atoms with Crippen LogP contribution in [0.5, 0.6) is 5.75 Å². The first kappa shape index (κ1) is 20.1. The molecule has 2 aromatic rings. The molecule has 0 fully saturated rings. The number of aliphatic hydroxyl groups is 1. The Kier molecular flexibility index (Phi) is 6.93. The molecule has 0 spiro atoms. The Balaban J connectivity index is 1.89. The predicted molar refractivity (Wildman–Crippen MR) is 94.1 cm³/mol. The minimum atomic E-state index is -4.76. The molecule has 0 heterocycles. The van der Waals surface area contributed by atoms with Crippen molar-refractivity contribution in [1.82, 2.24) is 5.32 Å². The van der Waals surface area contributed by atoms with Gasteiger partial charge in [0.25, 0.3) is 5.91 Å². The Hall–Kier alpha value is -2.19. The number of nitrogens with one attached hydrogen (secondary N) is 1. The zero-order valence-corrected chi connectivity index (χ0v) is 14.7. The standard InChI is InChI=1S/C18H18F3NO3S/c1-26-11-12-2-4-14(5-3-12)17(24)22-10-16(23)13-6-8-15(9-7-13)25-18(19,20)21/h2-9,16,23H,10-11H2,1H3,(H,22,24). The summed E-state index contributed by atoms with van der Waals surface area (Å²) >= 11 is 1.68. The molecule has 2 N–H and O–H groups in total. The van der Waals surface area contributed by atoms with Crippen LogP contribution in [0.3, 0.4) is 0 Å². The number of amides is 1. The molecular formula is C18H18F3NO3S. The second kappa shape index (κ2) is 8.95. The summed E-state index contributed by atoms with van der Waals surface area (Å²) in [6, 6.07) is 12.0. The Labute approximate surface area is 153 Å². The van der Waals surface area contributed by atoms with Gasteiger partial charge >= 0.3 is 6.36 Å². The van der Waals surface area contributed by atoms with Crippen LogP contribution in [0, 0.1) is 0 Å². The van der Waals surface area contributed by atoms with Crippen molar-refractivity contribution >= 4 is 17.7 Å². The molecule has 0 aliphatic heterocycles. The van der Waals surface area contributed by atoms with Crippen LogP contribution >= 0.6 is 11.8 Å². The maximum absolute atomic E-state index is 12.1. The summed E-state index contributed by atoms with van der Waals surface area (Å²) in [6.45, 7) is -0.0646. The van der Waals surface area contributed by atoms with Crippen LogP contribution in [0.4, 0.5) is 13.2 Å². The van der Waals surface area contributed by atoms with E-state index < -0.39 is 12.5 Å². The van der Waals surface area contributed by atoms with Crippen LogP contribution in [-0.4, -0.2) is 30.2 Å². The lowest BCUT2D eigenvalue weighted by molar-refractivity contribution is -0.274. The van der Waals surface area contributed by atoms with Gasteiger partial charge in [0.1, 0.15) is 5.75 Å². The maximum Gasteiger partial charge on any atom is 0.573 e. The molecule has 1 amide bonds. The molecule has 0 aromatic heterocycles. The average molecular weight is 385 g/mol. The largest absolute Gasteiger partial charge is 0.573 e. The van der Waals surface area contributed by atoms with Gasteiger partial charge in [0.15, 0.2) is 0 Å². The van der Waals surface area contributed by atoms with Gasteiger partial charge < -0.3 is 15.2 Å². The molecule has 0 aliphatic rings. The normalized spacial score (nSPS) is 12.5. The zero-order chi connectivity index (χ0) is 19.2. The molecule has 1 atom stereocenters. The van der Waals surface area contributed by atoms with Gasteiger partial charge in [-0.2, -0.15) is 11.8 Å². The minimum absolute atomic E-state index is 0.0646. The number of halogens is 3. The number of carbonyl (C=O) groups excluding carboxylic acids is 1.